The molecule has 0 unspecified atom stereocenters. The molecule has 1 heterocycles. The number of carbonyl (C=O) groups is 1. The molecular formula is C16H14F2N2O6S2. The van der Waals surface area contributed by atoms with Crippen molar-refractivity contribution in [2.24, 2.45) is 0 Å². The molecule has 3 rings (SSSR count). The van der Waals surface area contributed by atoms with E-state index in [0.29, 0.717) is 10.4 Å². The van der Waals surface area contributed by atoms with Gasteiger partial charge in [0.25, 0.3) is 10.0 Å². The second-order valence-electron chi connectivity index (χ2n) is 5.79. The van der Waals surface area contributed by atoms with Crippen molar-refractivity contribution in [1.29, 1.82) is 0 Å². The molecule has 2 aromatic rings. The Bertz CT molecular complexity index is 1170. The maximum absolute atomic E-state index is 13.8. The van der Waals surface area contributed by atoms with Crippen molar-refractivity contribution in [2.45, 2.75) is 11.3 Å². The highest BCUT2D eigenvalue weighted by Crippen LogP contribution is 2.33. The van der Waals surface area contributed by atoms with Crippen LogP contribution >= 0.6 is 0 Å². The number of nitrogens with zero attached hydrogens (tertiary/aromatic N) is 1. The highest BCUT2D eigenvalue weighted by molar-refractivity contribution is 7.94. The molecule has 150 valence electrons. The fourth-order valence-corrected chi connectivity index (χ4v) is 5.35. The van der Waals surface area contributed by atoms with Gasteiger partial charge >= 0.3 is 0 Å². The summed E-state index contributed by atoms with van der Waals surface area (Å²) in [7, 11) is -7.20. The SMILES string of the molecule is COc1ccc(N2C(=O)CCS2(=O)=O)cc1S(=O)(=O)Nc1ccc(F)cc1F. The molecule has 1 amide bonds. The van der Waals surface area contributed by atoms with Crippen molar-refractivity contribution in [3.8, 4) is 5.75 Å². The van der Waals surface area contributed by atoms with Crippen molar-refractivity contribution in [2.75, 3.05) is 21.9 Å². The Morgan fingerprint density at radius 1 is 1.14 bits per heavy atom. The number of halogens is 2. The second kappa shape index (κ2) is 7.02. The van der Waals surface area contributed by atoms with Gasteiger partial charge in [-0.15, -0.1) is 0 Å². The first kappa shape index (κ1) is 20.0. The molecule has 1 aliphatic rings. The minimum absolute atomic E-state index is 0.164. The molecule has 0 saturated carbocycles. The molecule has 1 fully saturated rings. The number of methoxy groups -OCH3 is 1. The third-order valence-corrected chi connectivity index (χ3v) is 7.00. The van der Waals surface area contributed by atoms with Crippen LogP contribution in [0.15, 0.2) is 41.3 Å². The fourth-order valence-electron chi connectivity index (χ4n) is 2.64. The van der Waals surface area contributed by atoms with Crippen LogP contribution in [-0.4, -0.2) is 35.6 Å². The van der Waals surface area contributed by atoms with Crippen LogP contribution in [0.25, 0.3) is 0 Å². The van der Waals surface area contributed by atoms with Gasteiger partial charge < -0.3 is 4.74 Å². The van der Waals surface area contributed by atoms with Crippen LogP contribution in [0.3, 0.4) is 0 Å². The summed E-state index contributed by atoms with van der Waals surface area (Å²) in [6.45, 7) is 0. The third-order valence-electron chi connectivity index (χ3n) is 3.93. The van der Waals surface area contributed by atoms with Crippen molar-refractivity contribution >= 4 is 37.3 Å². The number of benzene rings is 2. The van der Waals surface area contributed by atoms with Crippen molar-refractivity contribution in [3.05, 3.63) is 48.0 Å². The number of ether oxygens (including phenoxy) is 1. The van der Waals surface area contributed by atoms with Gasteiger partial charge in [-0.25, -0.2) is 29.9 Å². The minimum Gasteiger partial charge on any atom is -0.495 e. The van der Waals surface area contributed by atoms with Crippen LogP contribution in [0.5, 0.6) is 5.75 Å². The molecule has 0 radical (unpaired) electrons. The predicted octanol–water partition coefficient (Wildman–Crippen LogP) is 1.84. The Labute approximate surface area is 159 Å². The Kier molecular flexibility index (Phi) is 5.02. The first-order valence-electron chi connectivity index (χ1n) is 7.77. The number of amides is 1. The lowest BCUT2D eigenvalue weighted by Crippen LogP contribution is -2.29. The maximum Gasteiger partial charge on any atom is 0.265 e. The molecule has 0 bridgehead atoms. The predicted molar refractivity (Wildman–Crippen MR) is 96.1 cm³/mol. The highest BCUT2D eigenvalue weighted by atomic mass is 32.2. The average Bonchev–Trinajstić information content (AvgIpc) is 2.89. The highest BCUT2D eigenvalue weighted by Gasteiger charge is 2.37. The smallest absolute Gasteiger partial charge is 0.265 e. The molecule has 0 aromatic heterocycles. The van der Waals surface area contributed by atoms with Crippen molar-refractivity contribution < 1.29 is 35.1 Å². The number of nitrogens with one attached hydrogen (secondary N) is 1. The fraction of sp³-hybridized carbons (Fsp3) is 0.188. The van der Waals surface area contributed by atoms with Crippen LogP contribution in [0.4, 0.5) is 20.2 Å². The molecule has 1 N–H and O–H groups in total. The molecule has 0 spiro atoms. The summed E-state index contributed by atoms with van der Waals surface area (Å²) in [5.74, 6) is -3.29. The number of rotatable bonds is 5. The normalized spacial score (nSPS) is 16.2. The topological polar surface area (TPSA) is 110 Å². The van der Waals surface area contributed by atoms with Gasteiger partial charge in [-0.1, -0.05) is 0 Å². The lowest BCUT2D eigenvalue weighted by Gasteiger charge is -2.18. The van der Waals surface area contributed by atoms with E-state index in [9.17, 15) is 30.4 Å². The van der Waals surface area contributed by atoms with Crippen LogP contribution < -0.4 is 13.8 Å². The van der Waals surface area contributed by atoms with E-state index < -0.39 is 48.2 Å². The van der Waals surface area contributed by atoms with Gasteiger partial charge in [-0.05, 0) is 30.3 Å². The van der Waals surface area contributed by atoms with Gasteiger partial charge in [0.05, 0.1) is 24.2 Å². The summed E-state index contributed by atoms with van der Waals surface area (Å²) < 4.78 is 83.9. The van der Waals surface area contributed by atoms with E-state index in [2.05, 4.69) is 0 Å². The zero-order valence-electron chi connectivity index (χ0n) is 14.3. The Morgan fingerprint density at radius 2 is 1.86 bits per heavy atom. The monoisotopic (exact) mass is 432 g/mol. The van der Waals surface area contributed by atoms with Gasteiger partial charge in [0.2, 0.25) is 15.9 Å². The van der Waals surface area contributed by atoms with Gasteiger partial charge in [0.1, 0.15) is 22.3 Å². The number of hydrogen-bond acceptors (Lipinski definition) is 6. The van der Waals surface area contributed by atoms with Crippen LogP contribution in [-0.2, 0) is 24.8 Å². The van der Waals surface area contributed by atoms with Gasteiger partial charge in [0.15, 0.2) is 0 Å². The molecule has 12 heteroatoms. The quantitative estimate of drug-likeness (QED) is 0.772. The third kappa shape index (κ3) is 3.64. The summed E-state index contributed by atoms with van der Waals surface area (Å²) in [6, 6.07) is 5.59. The van der Waals surface area contributed by atoms with Crippen LogP contribution in [0, 0.1) is 11.6 Å². The lowest BCUT2D eigenvalue weighted by molar-refractivity contribution is -0.116. The number of hydrogen-bond donors (Lipinski definition) is 1. The molecule has 8 nitrogen and oxygen atoms in total. The number of sulfonamides is 2. The van der Waals surface area contributed by atoms with E-state index in [1.165, 1.54) is 19.2 Å². The van der Waals surface area contributed by atoms with E-state index >= 15 is 0 Å². The van der Waals surface area contributed by atoms with Crippen molar-refractivity contribution in [1.82, 2.24) is 0 Å². The molecule has 1 saturated heterocycles. The first-order valence-corrected chi connectivity index (χ1v) is 10.9. The first-order chi connectivity index (χ1) is 13.0. The molecule has 28 heavy (non-hydrogen) atoms. The summed E-state index contributed by atoms with van der Waals surface area (Å²) in [5.41, 5.74) is -0.707. The summed E-state index contributed by atoms with van der Waals surface area (Å²) in [4.78, 5) is 11.4. The largest absolute Gasteiger partial charge is 0.495 e. The average molecular weight is 432 g/mol. The zero-order chi connectivity index (χ0) is 20.7. The Morgan fingerprint density at radius 3 is 2.43 bits per heavy atom. The van der Waals surface area contributed by atoms with Gasteiger partial charge in [0, 0.05) is 12.5 Å². The van der Waals surface area contributed by atoms with Gasteiger partial charge in [-0.2, -0.15) is 0 Å². The van der Waals surface area contributed by atoms with Gasteiger partial charge in [-0.3, -0.25) is 9.52 Å². The number of carbonyl (C=O) groups excluding carboxylic acids is 1. The van der Waals surface area contributed by atoms with E-state index in [4.69, 9.17) is 4.74 Å². The molecular weight excluding hydrogens is 418 g/mol. The molecule has 2 aromatic carbocycles. The van der Waals surface area contributed by atoms with Crippen LogP contribution in [0.1, 0.15) is 6.42 Å². The van der Waals surface area contributed by atoms with E-state index in [-0.39, 0.29) is 23.6 Å². The lowest BCUT2D eigenvalue weighted by atomic mass is 10.3. The van der Waals surface area contributed by atoms with E-state index in [1.54, 1.807) is 0 Å². The summed E-state index contributed by atoms with van der Waals surface area (Å²) in [6.07, 6.45) is -0.227. The molecule has 0 aliphatic carbocycles. The van der Waals surface area contributed by atoms with Crippen molar-refractivity contribution in [3.63, 3.8) is 0 Å². The molecule has 0 atom stereocenters. The summed E-state index contributed by atoms with van der Waals surface area (Å²) >= 11 is 0. The second-order valence-corrected chi connectivity index (χ2v) is 9.38. The molecule has 1 aliphatic heterocycles. The van der Waals surface area contributed by atoms with Crippen LogP contribution in [0.2, 0.25) is 0 Å². The maximum atomic E-state index is 13.8. The number of anilines is 2. The Hall–Kier alpha value is -2.73. The zero-order valence-corrected chi connectivity index (χ0v) is 16.0. The summed E-state index contributed by atoms with van der Waals surface area (Å²) in [5, 5.41) is 0. The Balaban J connectivity index is 2.08. The standard InChI is InChI=1S/C16H14F2N2O6S2/c1-26-14-5-3-11(20-16(21)6-7-27(20,22)23)9-15(14)28(24,25)19-13-4-2-10(17)8-12(13)18/h2-5,8-9,19H,6-7H2,1H3. The van der Waals surface area contributed by atoms with E-state index in [0.717, 1.165) is 18.2 Å². The minimum atomic E-state index is -4.47. The van der Waals surface area contributed by atoms with E-state index in [1.807, 2.05) is 4.72 Å².